The van der Waals surface area contributed by atoms with Gasteiger partial charge in [0.25, 0.3) is 5.91 Å². The lowest BCUT2D eigenvalue weighted by Gasteiger charge is -2.06. The van der Waals surface area contributed by atoms with Crippen LogP contribution in [0.3, 0.4) is 0 Å². The number of nitrogens with one attached hydrogen (secondary N) is 1. The number of Topliss-reactive ketones (excluding diaryl/α,β-unsaturated/α-hetero) is 1. The number of carbonyl (C=O) groups is 2. The summed E-state index contributed by atoms with van der Waals surface area (Å²) in [6, 6.07) is 21.8. The Balaban J connectivity index is 1.48. The molecule has 0 atom stereocenters. The van der Waals surface area contributed by atoms with E-state index in [1.54, 1.807) is 31.4 Å². The maximum atomic E-state index is 12.3. The molecular weight excluding hydrogens is 366 g/mol. The molecule has 4 rings (SSSR count). The van der Waals surface area contributed by atoms with Crippen molar-refractivity contribution < 1.29 is 19.1 Å². The Hall–Kier alpha value is -3.86. The van der Waals surface area contributed by atoms with E-state index in [9.17, 15) is 9.59 Å². The zero-order valence-corrected chi connectivity index (χ0v) is 15.8. The summed E-state index contributed by atoms with van der Waals surface area (Å²) in [6.07, 6.45) is 1.82. The Labute approximate surface area is 168 Å². The van der Waals surface area contributed by atoms with Crippen molar-refractivity contribution in [1.82, 2.24) is 0 Å². The van der Waals surface area contributed by atoms with Crippen LogP contribution < -0.4 is 14.8 Å². The minimum absolute atomic E-state index is 0.0278. The van der Waals surface area contributed by atoms with Gasteiger partial charge in [-0.25, -0.2) is 0 Å². The van der Waals surface area contributed by atoms with Gasteiger partial charge in [-0.05, 0) is 42.0 Å². The van der Waals surface area contributed by atoms with Crippen LogP contribution in [-0.2, 0) is 4.79 Å². The summed E-state index contributed by atoms with van der Waals surface area (Å²) in [7, 11) is 1.59. The number of benzene rings is 3. The van der Waals surface area contributed by atoms with Crippen LogP contribution in [0, 0.1) is 0 Å². The first-order valence-corrected chi connectivity index (χ1v) is 9.16. The van der Waals surface area contributed by atoms with Crippen LogP contribution in [-0.4, -0.2) is 25.4 Å². The fraction of sp³-hybridized carbons (Fsp3) is 0.0833. The molecule has 1 aliphatic heterocycles. The Morgan fingerprint density at radius 1 is 0.966 bits per heavy atom. The molecule has 0 aliphatic carbocycles. The highest BCUT2D eigenvalue weighted by Crippen LogP contribution is 2.35. The monoisotopic (exact) mass is 385 g/mol. The van der Waals surface area contributed by atoms with Gasteiger partial charge in [0.05, 0.1) is 7.11 Å². The first kappa shape index (κ1) is 18.5. The summed E-state index contributed by atoms with van der Waals surface area (Å²) >= 11 is 0. The van der Waals surface area contributed by atoms with Gasteiger partial charge < -0.3 is 14.8 Å². The zero-order valence-electron chi connectivity index (χ0n) is 15.8. The standard InChI is InChI=1S/C24H19NO4/c1-28-19-11-12-22-20(14-19)21(24(27)25-22)13-16-7-9-18(10-8-16)29-15-23(26)17-5-3-2-4-6-17/h2-14H,15H2,1H3,(H,25,27). The number of ether oxygens (including phenoxy) is 2. The van der Waals surface area contributed by atoms with Crippen molar-refractivity contribution in [2.75, 3.05) is 19.0 Å². The number of ketones is 1. The molecule has 0 saturated heterocycles. The molecule has 5 heteroatoms. The van der Waals surface area contributed by atoms with Crippen molar-refractivity contribution in [3.05, 3.63) is 89.5 Å². The zero-order chi connectivity index (χ0) is 20.2. The van der Waals surface area contributed by atoms with Crippen molar-refractivity contribution in [2.24, 2.45) is 0 Å². The van der Waals surface area contributed by atoms with Crippen LogP contribution in [0.5, 0.6) is 11.5 Å². The number of rotatable bonds is 6. The number of amides is 1. The predicted molar refractivity (Wildman–Crippen MR) is 112 cm³/mol. The second-order valence-corrected chi connectivity index (χ2v) is 6.57. The first-order chi connectivity index (χ1) is 14.1. The Kier molecular flexibility index (Phi) is 5.12. The second-order valence-electron chi connectivity index (χ2n) is 6.57. The van der Waals surface area contributed by atoms with Crippen LogP contribution in [0.25, 0.3) is 11.6 Å². The summed E-state index contributed by atoms with van der Waals surface area (Å²) in [6.45, 7) is -0.0278. The molecule has 3 aromatic carbocycles. The molecule has 3 aromatic rings. The van der Waals surface area contributed by atoms with Crippen LogP contribution in [0.2, 0.25) is 0 Å². The molecule has 0 bridgehead atoms. The maximum Gasteiger partial charge on any atom is 0.256 e. The quantitative estimate of drug-likeness (QED) is 0.503. The lowest BCUT2D eigenvalue weighted by atomic mass is 10.0. The van der Waals surface area contributed by atoms with Gasteiger partial charge in [0.1, 0.15) is 11.5 Å². The minimum atomic E-state index is -0.151. The number of fused-ring (bicyclic) bond motifs is 1. The van der Waals surface area contributed by atoms with Crippen molar-refractivity contribution in [1.29, 1.82) is 0 Å². The molecule has 0 fully saturated rings. The highest BCUT2D eigenvalue weighted by Gasteiger charge is 2.24. The van der Waals surface area contributed by atoms with E-state index in [0.717, 1.165) is 16.8 Å². The van der Waals surface area contributed by atoms with E-state index in [0.29, 0.717) is 22.6 Å². The third-order valence-corrected chi connectivity index (χ3v) is 4.67. The van der Waals surface area contributed by atoms with Gasteiger partial charge in [0.15, 0.2) is 12.4 Å². The van der Waals surface area contributed by atoms with Crippen molar-refractivity contribution in [3.63, 3.8) is 0 Å². The normalized spacial score (nSPS) is 13.7. The van der Waals surface area contributed by atoms with Crippen LogP contribution in [0.1, 0.15) is 21.5 Å². The van der Waals surface area contributed by atoms with E-state index >= 15 is 0 Å². The Morgan fingerprint density at radius 3 is 2.41 bits per heavy atom. The van der Waals surface area contributed by atoms with E-state index in [-0.39, 0.29) is 18.3 Å². The number of hydrogen-bond donors (Lipinski definition) is 1. The third kappa shape index (κ3) is 4.04. The molecule has 0 unspecified atom stereocenters. The van der Waals surface area contributed by atoms with Gasteiger partial charge in [-0.15, -0.1) is 0 Å². The molecule has 0 aromatic heterocycles. The van der Waals surface area contributed by atoms with Crippen LogP contribution >= 0.6 is 0 Å². The summed E-state index contributed by atoms with van der Waals surface area (Å²) < 4.78 is 10.8. The van der Waals surface area contributed by atoms with Gasteiger partial charge in [-0.2, -0.15) is 0 Å². The maximum absolute atomic E-state index is 12.3. The SMILES string of the molecule is COc1ccc2c(c1)C(=Cc1ccc(OCC(=O)c3ccccc3)cc1)C(=O)N2. The fourth-order valence-electron chi connectivity index (χ4n) is 3.12. The average Bonchev–Trinajstić information content (AvgIpc) is 3.07. The van der Waals surface area contributed by atoms with Gasteiger partial charge >= 0.3 is 0 Å². The largest absolute Gasteiger partial charge is 0.497 e. The summed E-state index contributed by atoms with van der Waals surface area (Å²) in [5.41, 5.74) is 3.62. The fourth-order valence-corrected chi connectivity index (χ4v) is 3.12. The van der Waals surface area contributed by atoms with Gasteiger partial charge in [0.2, 0.25) is 0 Å². The molecule has 1 N–H and O–H groups in total. The highest BCUT2D eigenvalue weighted by molar-refractivity contribution is 6.35. The van der Waals surface area contributed by atoms with Crippen molar-refractivity contribution in [3.8, 4) is 11.5 Å². The third-order valence-electron chi connectivity index (χ3n) is 4.67. The van der Waals surface area contributed by atoms with Crippen LogP contribution in [0.15, 0.2) is 72.8 Å². The van der Waals surface area contributed by atoms with Crippen molar-refractivity contribution >= 4 is 29.0 Å². The lowest BCUT2D eigenvalue weighted by Crippen LogP contribution is -2.11. The molecule has 0 saturated carbocycles. The molecule has 144 valence electrons. The minimum Gasteiger partial charge on any atom is -0.497 e. The number of hydrogen-bond acceptors (Lipinski definition) is 4. The van der Waals surface area contributed by atoms with Gasteiger partial charge in [0, 0.05) is 22.4 Å². The number of methoxy groups -OCH3 is 1. The summed E-state index contributed by atoms with van der Waals surface area (Å²) in [4.78, 5) is 24.5. The van der Waals surface area contributed by atoms with E-state index < -0.39 is 0 Å². The molecule has 0 spiro atoms. The molecule has 5 nitrogen and oxygen atoms in total. The molecule has 29 heavy (non-hydrogen) atoms. The topological polar surface area (TPSA) is 64.6 Å². The van der Waals surface area contributed by atoms with E-state index in [1.165, 1.54) is 0 Å². The summed E-state index contributed by atoms with van der Waals surface area (Å²) in [5, 5.41) is 2.85. The molecule has 1 amide bonds. The average molecular weight is 385 g/mol. The van der Waals surface area contributed by atoms with Crippen molar-refractivity contribution in [2.45, 2.75) is 0 Å². The molecule has 1 aliphatic rings. The van der Waals surface area contributed by atoms with Crippen LogP contribution in [0.4, 0.5) is 5.69 Å². The second kappa shape index (κ2) is 8.02. The van der Waals surface area contributed by atoms with E-state index in [4.69, 9.17) is 9.47 Å². The van der Waals surface area contributed by atoms with E-state index in [1.807, 2.05) is 54.6 Å². The smallest absolute Gasteiger partial charge is 0.256 e. The van der Waals surface area contributed by atoms with Gasteiger partial charge in [-0.1, -0.05) is 42.5 Å². The first-order valence-electron chi connectivity index (χ1n) is 9.16. The highest BCUT2D eigenvalue weighted by atomic mass is 16.5. The molecule has 0 radical (unpaired) electrons. The number of anilines is 1. The van der Waals surface area contributed by atoms with Gasteiger partial charge in [-0.3, -0.25) is 9.59 Å². The molecule has 1 heterocycles. The Morgan fingerprint density at radius 2 is 1.69 bits per heavy atom. The van der Waals surface area contributed by atoms with E-state index in [2.05, 4.69) is 5.32 Å². The lowest BCUT2D eigenvalue weighted by molar-refractivity contribution is -0.110. The molecular formula is C24H19NO4. The number of carbonyl (C=O) groups excluding carboxylic acids is 2. The Bertz CT molecular complexity index is 1090. The summed E-state index contributed by atoms with van der Waals surface area (Å²) in [5.74, 6) is 1.05. The predicted octanol–water partition coefficient (Wildman–Crippen LogP) is 4.45.